The third-order valence-corrected chi connectivity index (χ3v) is 11.3. The number of carbonyl (C=O) groups excluding carboxylic acids is 1. The molecule has 4 saturated carbocycles. The molecular weight excluding hydrogens is 378 g/mol. The topological polar surface area (TPSA) is 29.1 Å². The molecule has 178 valence electrons. The summed E-state index contributed by atoms with van der Waals surface area (Å²) in [6.45, 7) is 14.4. The van der Waals surface area contributed by atoms with Crippen LogP contribution in [0.25, 0.3) is 0 Å². The van der Waals surface area contributed by atoms with Gasteiger partial charge in [-0.05, 0) is 110 Å². The Morgan fingerprint density at radius 3 is 2.32 bits per heavy atom. The largest absolute Gasteiger partial charge is 0.354 e. The molecule has 0 spiro atoms. The van der Waals surface area contributed by atoms with Crippen molar-refractivity contribution >= 4 is 5.91 Å². The van der Waals surface area contributed by atoms with Crippen molar-refractivity contribution in [2.45, 2.75) is 125 Å². The SMILES string of the molecule is CC(=O)N[C@H]1CC[C@@]2(C)C(CC[C@H]3[C@@H]4CC[C@H]([C@H](C)CCCC(C)C)[C@@]4(C)CC[C@@H]32)C1. The summed E-state index contributed by atoms with van der Waals surface area (Å²) in [6, 6.07) is 0.434. The Hall–Kier alpha value is -0.530. The lowest BCUT2D eigenvalue weighted by atomic mass is 9.44. The van der Waals surface area contributed by atoms with Gasteiger partial charge in [0, 0.05) is 13.0 Å². The number of rotatable bonds is 6. The van der Waals surface area contributed by atoms with Crippen molar-refractivity contribution in [2.75, 3.05) is 0 Å². The van der Waals surface area contributed by atoms with Crippen LogP contribution in [0.3, 0.4) is 0 Å². The highest BCUT2D eigenvalue weighted by atomic mass is 16.1. The van der Waals surface area contributed by atoms with Gasteiger partial charge in [0.05, 0.1) is 0 Å². The molecule has 0 heterocycles. The van der Waals surface area contributed by atoms with Crippen molar-refractivity contribution in [3.05, 3.63) is 0 Å². The Labute approximate surface area is 193 Å². The van der Waals surface area contributed by atoms with E-state index in [4.69, 9.17) is 0 Å². The monoisotopic (exact) mass is 429 g/mol. The van der Waals surface area contributed by atoms with Gasteiger partial charge in [-0.15, -0.1) is 0 Å². The molecule has 2 nitrogen and oxygen atoms in total. The maximum absolute atomic E-state index is 11.6. The first-order valence-electron chi connectivity index (χ1n) is 13.9. The van der Waals surface area contributed by atoms with Crippen LogP contribution in [0.1, 0.15) is 119 Å². The van der Waals surface area contributed by atoms with Crippen LogP contribution in [0.4, 0.5) is 0 Å². The molecule has 1 amide bonds. The van der Waals surface area contributed by atoms with E-state index >= 15 is 0 Å². The van der Waals surface area contributed by atoms with E-state index in [0.29, 0.717) is 16.9 Å². The summed E-state index contributed by atoms with van der Waals surface area (Å²) in [4.78, 5) is 11.6. The number of fused-ring (bicyclic) bond motifs is 5. The lowest BCUT2D eigenvalue weighted by Gasteiger charge is -2.61. The fourth-order valence-electron chi connectivity index (χ4n) is 9.70. The second-order valence-electron chi connectivity index (χ2n) is 13.4. The van der Waals surface area contributed by atoms with Crippen LogP contribution < -0.4 is 5.32 Å². The Bertz CT molecular complexity index is 643. The van der Waals surface area contributed by atoms with Gasteiger partial charge < -0.3 is 5.32 Å². The van der Waals surface area contributed by atoms with Gasteiger partial charge in [0.2, 0.25) is 5.91 Å². The van der Waals surface area contributed by atoms with Gasteiger partial charge in [0.15, 0.2) is 0 Å². The predicted octanol–water partition coefficient (Wildman–Crippen LogP) is 7.61. The zero-order valence-corrected chi connectivity index (χ0v) is 21.5. The van der Waals surface area contributed by atoms with Gasteiger partial charge in [-0.1, -0.05) is 53.9 Å². The Balaban J connectivity index is 1.43. The normalized spacial score (nSPS) is 45.5. The van der Waals surface area contributed by atoms with Crippen molar-refractivity contribution in [2.24, 2.45) is 52.3 Å². The molecule has 0 saturated heterocycles. The number of carbonyl (C=O) groups is 1. The summed E-state index contributed by atoms with van der Waals surface area (Å²) in [5, 5.41) is 3.25. The van der Waals surface area contributed by atoms with Crippen molar-refractivity contribution in [1.29, 1.82) is 0 Å². The maximum atomic E-state index is 11.6. The molecule has 0 aromatic carbocycles. The van der Waals surface area contributed by atoms with Gasteiger partial charge in [0.1, 0.15) is 0 Å². The third kappa shape index (κ3) is 4.35. The summed E-state index contributed by atoms with van der Waals surface area (Å²) < 4.78 is 0. The van der Waals surface area contributed by atoms with Crippen molar-refractivity contribution in [3.63, 3.8) is 0 Å². The number of amides is 1. The van der Waals surface area contributed by atoms with Crippen LogP contribution >= 0.6 is 0 Å². The Kier molecular flexibility index (Phi) is 6.87. The summed E-state index contributed by atoms with van der Waals surface area (Å²) in [5.41, 5.74) is 1.13. The van der Waals surface area contributed by atoms with E-state index in [2.05, 4.69) is 39.9 Å². The van der Waals surface area contributed by atoms with Gasteiger partial charge in [-0.25, -0.2) is 0 Å². The van der Waals surface area contributed by atoms with Crippen molar-refractivity contribution < 1.29 is 4.79 Å². The van der Waals surface area contributed by atoms with E-state index in [9.17, 15) is 4.79 Å². The van der Waals surface area contributed by atoms with E-state index in [1.165, 1.54) is 77.0 Å². The predicted molar refractivity (Wildman–Crippen MR) is 131 cm³/mol. The molecular formula is C29H51NO. The molecule has 1 unspecified atom stereocenters. The molecule has 1 N–H and O–H groups in total. The summed E-state index contributed by atoms with van der Waals surface area (Å²) in [6.07, 6.45) is 16.9. The quantitative estimate of drug-likeness (QED) is 0.462. The van der Waals surface area contributed by atoms with Crippen LogP contribution in [-0.4, -0.2) is 11.9 Å². The maximum Gasteiger partial charge on any atom is 0.217 e. The standard InChI is InChI=1S/C29H51NO/c1-19(2)8-7-9-20(3)25-12-13-26-24-11-10-22-18-23(30-21(4)31)14-16-28(22,5)27(24)15-17-29(25,26)6/h19-20,22-27H,7-18H2,1-6H3,(H,30,31)/t20-,22?,23+,24+,25-,26+,27+,28+,29-/m1/s1. The summed E-state index contributed by atoms with van der Waals surface area (Å²) in [5.74, 6) is 6.62. The van der Waals surface area contributed by atoms with Crippen molar-refractivity contribution in [3.8, 4) is 0 Å². The smallest absolute Gasteiger partial charge is 0.217 e. The molecule has 0 radical (unpaired) electrons. The number of nitrogens with one attached hydrogen (secondary N) is 1. The Morgan fingerprint density at radius 2 is 1.61 bits per heavy atom. The fourth-order valence-corrected chi connectivity index (χ4v) is 9.70. The zero-order valence-electron chi connectivity index (χ0n) is 21.5. The molecule has 4 aliphatic rings. The minimum atomic E-state index is 0.162. The average molecular weight is 430 g/mol. The van der Waals surface area contributed by atoms with Gasteiger partial charge >= 0.3 is 0 Å². The number of hydrogen-bond donors (Lipinski definition) is 1. The molecule has 4 aliphatic carbocycles. The van der Waals surface area contributed by atoms with E-state index in [1.54, 1.807) is 6.92 Å². The first-order chi connectivity index (χ1) is 14.6. The third-order valence-electron chi connectivity index (χ3n) is 11.3. The molecule has 31 heavy (non-hydrogen) atoms. The van der Waals surface area contributed by atoms with Gasteiger partial charge in [-0.3, -0.25) is 4.79 Å². The van der Waals surface area contributed by atoms with Crippen LogP contribution in [0, 0.1) is 52.3 Å². The number of hydrogen-bond acceptors (Lipinski definition) is 1. The van der Waals surface area contributed by atoms with E-state index < -0.39 is 0 Å². The fraction of sp³-hybridized carbons (Fsp3) is 0.966. The van der Waals surface area contributed by atoms with Crippen LogP contribution in [-0.2, 0) is 4.79 Å². The Morgan fingerprint density at radius 1 is 0.903 bits per heavy atom. The van der Waals surface area contributed by atoms with Gasteiger partial charge in [-0.2, -0.15) is 0 Å². The minimum Gasteiger partial charge on any atom is -0.354 e. The minimum absolute atomic E-state index is 0.162. The first kappa shape index (κ1) is 23.6. The van der Waals surface area contributed by atoms with E-state index in [1.807, 2.05) is 0 Å². The molecule has 4 fully saturated rings. The van der Waals surface area contributed by atoms with Crippen molar-refractivity contribution in [1.82, 2.24) is 5.32 Å². The first-order valence-corrected chi connectivity index (χ1v) is 13.9. The van der Waals surface area contributed by atoms with Crippen LogP contribution in [0.15, 0.2) is 0 Å². The molecule has 0 bridgehead atoms. The van der Waals surface area contributed by atoms with E-state index in [-0.39, 0.29) is 5.91 Å². The summed E-state index contributed by atoms with van der Waals surface area (Å²) >= 11 is 0. The zero-order chi connectivity index (χ0) is 22.4. The van der Waals surface area contributed by atoms with Crippen LogP contribution in [0.5, 0.6) is 0 Å². The lowest BCUT2D eigenvalue weighted by Crippen LogP contribution is -2.55. The molecule has 0 aliphatic heterocycles. The van der Waals surface area contributed by atoms with Gasteiger partial charge in [0.25, 0.3) is 0 Å². The molecule has 4 rings (SSSR count). The lowest BCUT2D eigenvalue weighted by molar-refractivity contribution is -0.126. The second kappa shape index (κ2) is 9.02. The highest BCUT2D eigenvalue weighted by molar-refractivity contribution is 5.73. The second-order valence-corrected chi connectivity index (χ2v) is 13.4. The highest BCUT2D eigenvalue weighted by Crippen LogP contribution is 2.68. The average Bonchev–Trinajstić information content (AvgIpc) is 3.05. The molecule has 0 aromatic rings. The molecule has 0 aromatic heterocycles. The van der Waals surface area contributed by atoms with Crippen LogP contribution in [0.2, 0.25) is 0 Å². The summed E-state index contributed by atoms with van der Waals surface area (Å²) in [7, 11) is 0. The van der Waals surface area contributed by atoms with E-state index in [0.717, 1.165) is 41.4 Å². The highest BCUT2D eigenvalue weighted by Gasteiger charge is 2.60. The molecule has 9 atom stereocenters. The molecule has 2 heteroatoms.